The van der Waals surface area contributed by atoms with Crippen LogP contribution in [0, 0.1) is 11.3 Å². The van der Waals surface area contributed by atoms with Gasteiger partial charge in [-0.25, -0.2) is 8.42 Å². The summed E-state index contributed by atoms with van der Waals surface area (Å²) in [4.78, 5) is 26.6. The van der Waals surface area contributed by atoms with E-state index in [9.17, 15) is 18.0 Å². The smallest absolute Gasteiger partial charge is 0.266 e. The summed E-state index contributed by atoms with van der Waals surface area (Å²) in [5.74, 6) is -1.02. The summed E-state index contributed by atoms with van der Waals surface area (Å²) in [5, 5.41) is 11.5. The van der Waals surface area contributed by atoms with Crippen LogP contribution in [0.4, 0.5) is 5.69 Å². The minimum absolute atomic E-state index is 0.0215. The number of halogens is 1. The lowest BCUT2D eigenvalue weighted by Gasteiger charge is -2.32. The Morgan fingerprint density at radius 3 is 2.75 bits per heavy atom. The highest BCUT2D eigenvalue weighted by atomic mass is 35.5. The Morgan fingerprint density at radius 2 is 2.06 bits per heavy atom. The third-order valence-electron chi connectivity index (χ3n) is 5.46. The van der Waals surface area contributed by atoms with Gasteiger partial charge in [-0.3, -0.25) is 9.59 Å². The number of anilines is 1. The summed E-state index contributed by atoms with van der Waals surface area (Å²) in [6.07, 6.45) is -0.983. The molecule has 1 fully saturated rings. The van der Waals surface area contributed by atoms with Gasteiger partial charge < -0.3 is 25.5 Å². The molecular weight excluding hydrogens is 510 g/mol. The molecule has 13 heteroatoms. The maximum absolute atomic E-state index is 13.8. The Kier molecular flexibility index (Phi) is 7.46. The standard InChI is InChI=1S/C23H22ClN5O6S/c24-14-10-17-20(18(11-14)27-19(30)6-7-25)28-21(23(26)31)22(17)36(32,33)29-8-9-34-16(12-29)13-35-15-4-2-1-3-5-15/h1-5,10-11,16,28H,6,8-9,12-13H2,(H2,26,31)(H,27,30). The first-order valence-electron chi connectivity index (χ1n) is 10.8. The minimum Gasteiger partial charge on any atom is -0.491 e. The molecule has 2 amide bonds. The van der Waals surface area contributed by atoms with Crippen LogP contribution in [0.5, 0.6) is 5.75 Å². The number of carbonyl (C=O) groups excluding carboxylic acids is 2. The number of H-pyrrole nitrogens is 1. The molecule has 1 aliphatic rings. The molecule has 2 aromatic carbocycles. The predicted octanol–water partition coefficient (Wildman–Crippen LogP) is 2.24. The third kappa shape index (κ3) is 5.29. The van der Waals surface area contributed by atoms with Gasteiger partial charge in [0.25, 0.3) is 5.91 Å². The zero-order chi connectivity index (χ0) is 25.9. The molecule has 1 aromatic heterocycles. The molecule has 0 bridgehead atoms. The van der Waals surface area contributed by atoms with Crippen molar-refractivity contribution in [3.8, 4) is 11.8 Å². The topological polar surface area (TPSA) is 168 Å². The second kappa shape index (κ2) is 10.5. The molecule has 3 aromatic rings. The molecule has 4 N–H and O–H groups in total. The van der Waals surface area contributed by atoms with Crippen LogP contribution >= 0.6 is 11.6 Å². The number of nitrogens with zero attached hydrogens (tertiary/aromatic N) is 2. The van der Waals surface area contributed by atoms with Gasteiger partial charge in [0.1, 0.15) is 35.5 Å². The third-order valence-corrected chi connectivity index (χ3v) is 7.63. The lowest BCUT2D eigenvalue weighted by Crippen LogP contribution is -2.47. The normalized spacial score (nSPS) is 16.4. The number of nitriles is 1. The number of nitrogens with two attached hydrogens (primary N) is 1. The van der Waals surface area contributed by atoms with Gasteiger partial charge in [-0.05, 0) is 24.3 Å². The van der Waals surface area contributed by atoms with Gasteiger partial charge in [-0.15, -0.1) is 0 Å². The van der Waals surface area contributed by atoms with Gasteiger partial charge in [0.05, 0.1) is 23.9 Å². The second-order valence-corrected chi connectivity index (χ2v) is 10.2. The molecule has 0 radical (unpaired) electrons. The first kappa shape index (κ1) is 25.5. The van der Waals surface area contributed by atoms with Gasteiger partial charge in [-0.1, -0.05) is 29.8 Å². The number of fused-ring (bicyclic) bond motifs is 1. The fraction of sp³-hybridized carbons (Fsp3) is 0.261. The Morgan fingerprint density at radius 1 is 1.31 bits per heavy atom. The highest BCUT2D eigenvalue weighted by Gasteiger charge is 2.36. The molecule has 1 saturated heterocycles. The van der Waals surface area contributed by atoms with Gasteiger partial charge in [0, 0.05) is 23.5 Å². The molecule has 188 valence electrons. The summed E-state index contributed by atoms with van der Waals surface area (Å²) in [5.41, 5.74) is 5.41. The molecule has 36 heavy (non-hydrogen) atoms. The van der Waals surface area contributed by atoms with Crippen LogP contribution in [0.3, 0.4) is 0 Å². The van der Waals surface area contributed by atoms with Crippen LogP contribution < -0.4 is 15.8 Å². The van der Waals surface area contributed by atoms with Crippen molar-refractivity contribution in [1.82, 2.24) is 9.29 Å². The first-order valence-corrected chi connectivity index (χ1v) is 12.6. The summed E-state index contributed by atoms with van der Waals surface area (Å²) >= 11 is 6.21. The van der Waals surface area contributed by atoms with Crippen LogP contribution in [0.25, 0.3) is 10.9 Å². The van der Waals surface area contributed by atoms with Crippen molar-refractivity contribution >= 4 is 50.0 Å². The van der Waals surface area contributed by atoms with E-state index < -0.39 is 34.4 Å². The van der Waals surface area contributed by atoms with E-state index in [1.165, 1.54) is 16.4 Å². The Hall–Kier alpha value is -3.63. The number of ether oxygens (including phenoxy) is 2. The summed E-state index contributed by atoms with van der Waals surface area (Å²) in [7, 11) is -4.27. The van der Waals surface area contributed by atoms with E-state index >= 15 is 0 Å². The number of carbonyl (C=O) groups is 2. The molecule has 0 aliphatic carbocycles. The molecule has 11 nitrogen and oxygen atoms in total. The number of aromatic amines is 1. The van der Waals surface area contributed by atoms with E-state index in [-0.39, 0.29) is 58.5 Å². The molecule has 1 unspecified atom stereocenters. The Labute approximate surface area is 211 Å². The molecule has 0 saturated carbocycles. The number of nitrogens with one attached hydrogen (secondary N) is 2. The van der Waals surface area contributed by atoms with Gasteiger partial charge in [-0.2, -0.15) is 9.57 Å². The number of benzene rings is 2. The number of primary amides is 1. The lowest BCUT2D eigenvalue weighted by atomic mass is 10.2. The number of rotatable bonds is 8. The van der Waals surface area contributed by atoms with E-state index in [1.807, 2.05) is 18.2 Å². The fourth-order valence-electron chi connectivity index (χ4n) is 3.89. The van der Waals surface area contributed by atoms with Crippen molar-refractivity contribution < 1.29 is 27.5 Å². The summed E-state index contributed by atoms with van der Waals surface area (Å²) < 4.78 is 40.2. The Balaban J connectivity index is 1.69. The zero-order valence-electron chi connectivity index (χ0n) is 18.9. The minimum atomic E-state index is -4.27. The van der Waals surface area contributed by atoms with Crippen molar-refractivity contribution in [3.63, 3.8) is 0 Å². The lowest BCUT2D eigenvalue weighted by molar-refractivity contribution is -0.115. The number of hydrogen-bond donors (Lipinski definition) is 3. The monoisotopic (exact) mass is 531 g/mol. The van der Waals surface area contributed by atoms with Gasteiger partial charge in [0.2, 0.25) is 15.9 Å². The number of sulfonamides is 1. The first-order chi connectivity index (χ1) is 17.2. The maximum atomic E-state index is 13.8. The molecule has 1 atom stereocenters. The highest BCUT2D eigenvalue weighted by Crippen LogP contribution is 2.36. The van der Waals surface area contributed by atoms with Gasteiger partial charge >= 0.3 is 0 Å². The van der Waals surface area contributed by atoms with Crippen molar-refractivity contribution in [3.05, 3.63) is 53.2 Å². The van der Waals surface area contributed by atoms with E-state index in [2.05, 4.69) is 10.3 Å². The Bertz CT molecular complexity index is 1450. The van der Waals surface area contributed by atoms with Crippen molar-refractivity contribution in [2.24, 2.45) is 5.73 Å². The number of morpholine rings is 1. The van der Waals surface area contributed by atoms with Crippen LogP contribution in [-0.4, -0.2) is 61.9 Å². The predicted molar refractivity (Wildman–Crippen MR) is 131 cm³/mol. The molecule has 2 heterocycles. The van der Waals surface area contributed by atoms with Crippen molar-refractivity contribution in [2.45, 2.75) is 17.4 Å². The van der Waals surface area contributed by atoms with Crippen LogP contribution in [0.2, 0.25) is 5.02 Å². The molecule has 4 rings (SSSR count). The molecule has 0 spiro atoms. The average molecular weight is 532 g/mol. The maximum Gasteiger partial charge on any atom is 0.266 e. The number of amides is 2. The van der Waals surface area contributed by atoms with Crippen LogP contribution in [-0.2, 0) is 19.6 Å². The van der Waals surface area contributed by atoms with Crippen LogP contribution in [0.15, 0.2) is 47.4 Å². The highest BCUT2D eigenvalue weighted by molar-refractivity contribution is 7.89. The molecular formula is C23H22ClN5O6S. The average Bonchev–Trinajstić information content (AvgIpc) is 3.24. The SMILES string of the molecule is N#CCC(=O)Nc1cc(Cl)cc2c(S(=O)(=O)N3CCOC(COc4ccccc4)C3)c(C(N)=O)[nH]c12. The quantitative estimate of drug-likeness (QED) is 0.400. The summed E-state index contributed by atoms with van der Waals surface area (Å²) in [6, 6.07) is 13.5. The van der Waals surface area contributed by atoms with E-state index in [0.29, 0.717) is 5.75 Å². The van der Waals surface area contributed by atoms with Crippen molar-refractivity contribution in [1.29, 1.82) is 5.26 Å². The van der Waals surface area contributed by atoms with Crippen molar-refractivity contribution in [2.75, 3.05) is 31.6 Å². The van der Waals surface area contributed by atoms with E-state index in [4.69, 9.17) is 32.1 Å². The molecule has 1 aliphatic heterocycles. The number of aromatic nitrogens is 1. The fourth-order valence-corrected chi connectivity index (χ4v) is 5.89. The summed E-state index contributed by atoms with van der Waals surface area (Å²) in [6.45, 7) is 0.258. The number of hydrogen-bond acceptors (Lipinski definition) is 7. The van der Waals surface area contributed by atoms with Crippen LogP contribution in [0.1, 0.15) is 16.9 Å². The van der Waals surface area contributed by atoms with Gasteiger partial charge in [0.15, 0.2) is 0 Å². The number of para-hydroxylation sites is 1. The second-order valence-electron chi connectivity index (χ2n) is 7.93. The zero-order valence-corrected chi connectivity index (χ0v) is 20.4. The van der Waals surface area contributed by atoms with E-state index in [1.54, 1.807) is 18.2 Å². The largest absolute Gasteiger partial charge is 0.491 e. The van der Waals surface area contributed by atoms with E-state index in [0.717, 1.165) is 0 Å².